The molecule has 0 saturated carbocycles. The van der Waals surface area contributed by atoms with E-state index in [0.717, 1.165) is 41.8 Å². The van der Waals surface area contributed by atoms with Crippen LogP contribution < -0.4 is 5.32 Å². The lowest BCUT2D eigenvalue weighted by Gasteiger charge is -2.27. The van der Waals surface area contributed by atoms with Gasteiger partial charge in [0.05, 0.1) is 0 Å². The number of carbonyl (C=O) groups excluding carboxylic acids is 1. The van der Waals surface area contributed by atoms with Gasteiger partial charge in [0.25, 0.3) is 5.91 Å². The molecule has 1 amide bonds. The second kappa shape index (κ2) is 5.98. The lowest BCUT2D eigenvalue weighted by molar-refractivity contribution is 0.0696. The summed E-state index contributed by atoms with van der Waals surface area (Å²) in [6.07, 6.45) is 2.07. The summed E-state index contributed by atoms with van der Waals surface area (Å²) >= 11 is 4.95. The summed E-state index contributed by atoms with van der Waals surface area (Å²) < 4.78 is 0.916. The normalized spacial score (nSPS) is 19.5. The maximum Gasteiger partial charge on any atom is 0.265 e. The Kier molecular flexibility index (Phi) is 4.59. The fourth-order valence-electron chi connectivity index (χ4n) is 2.17. The highest BCUT2D eigenvalue weighted by Gasteiger charge is 2.28. The summed E-state index contributed by atoms with van der Waals surface area (Å²) in [5.41, 5.74) is 0. The standard InChI is InChI=1S/C12H17BrN2OS/c1-2-6-15(9-3-5-14-8-9)12(16)11-10(13)4-7-17-11/h4,7,9,14H,2-3,5-6,8H2,1H3. The molecule has 0 bridgehead atoms. The molecule has 2 heterocycles. The lowest BCUT2D eigenvalue weighted by Crippen LogP contribution is -2.41. The van der Waals surface area contributed by atoms with Crippen molar-refractivity contribution >= 4 is 33.2 Å². The Balaban J connectivity index is 2.15. The first-order valence-corrected chi connectivity index (χ1v) is 7.66. The third kappa shape index (κ3) is 2.89. The molecule has 1 unspecified atom stereocenters. The van der Waals surface area contributed by atoms with Crippen molar-refractivity contribution < 1.29 is 4.79 Å². The van der Waals surface area contributed by atoms with Gasteiger partial charge in [0, 0.05) is 23.6 Å². The summed E-state index contributed by atoms with van der Waals surface area (Å²) in [7, 11) is 0. The van der Waals surface area contributed by atoms with Crippen molar-refractivity contribution in [1.29, 1.82) is 0 Å². The SMILES string of the molecule is CCCN(C(=O)c1sccc1Br)C1CCNC1. The van der Waals surface area contributed by atoms with E-state index in [4.69, 9.17) is 0 Å². The molecule has 1 aliphatic heterocycles. The van der Waals surface area contributed by atoms with Crippen molar-refractivity contribution in [3.8, 4) is 0 Å². The average Bonchev–Trinajstić information content (AvgIpc) is 2.95. The number of halogens is 1. The minimum atomic E-state index is 0.169. The maximum absolute atomic E-state index is 12.5. The van der Waals surface area contributed by atoms with E-state index >= 15 is 0 Å². The zero-order chi connectivity index (χ0) is 12.3. The van der Waals surface area contributed by atoms with Crippen molar-refractivity contribution in [2.24, 2.45) is 0 Å². The Hall–Kier alpha value is -0.390. The van der Waals surface area contributed by atoms with Gasteiger partial charge in [0.1, 0.15) is 4.88 Å². The summed E-state index contributed by atoms with van der Waals surface area (Å²) in [6, 6.07) is 2.30. The van der Waals surface area contributed by atoms with Gasteiger partial charge in [-0.25, -0.2) is 0 Å². The molecule has 0 aliphatic carbocycles. The molecule has 3 nitrogen and oxygen atoms in total. The van der Waals surface area contributed by atoms with Crippen LogP contribution in [0.1, 0.15) is 29.4 Å². The van der Waals surface area contributed by atoms with Crippen LogP contribution in [-0.4, -0.2) is 36.5 Å². The van der Waals surface area contributed by atoms with Crippen LogP contribution in [0.5, 0.6) is 0 Å². The summed E-state index contributed by atoms with van der Waals surface area (Å²) in [6.45, 7) is 4.90. The van der Waals surface area contributed by atoms with E-state index in [1.165, 1.54) is 11.3 Å². The molecule has 0 radical (unpaired) electrons. The van der Waals surface area contributed by atoms with Crippen LogP contribution in [-0.2, 0) is 0 Å². The molecule has 17 heavy (non-hydrogen) atoms. The number of nitrogens with one attached hydrogen (secondary N) is 1. The van der Waals surface area contributed by atoms with Crippen molar-refractivity contribution in [3.63, 3.8) is 0 Å². The second-order valence-electron chi connectivity index (χ2n) is 4.24. The minimum Gasteiger partial charge on any atom is -0.334 e. The molecular weight excluding hydrogens is 300 g/mol. The van der Waals surface area contributed by atoms with Gasteiger partial charge >= 0.3 is 0 Å². The quantitative estimate of drug-likeness (QED) is 0.926. The zero-order valence-electron chi connectivity index (χ0n) is 9.91. The molecule has 0 aromatic carbocycles. The fourth-order valence-corrected chi connectivity index (χ4v) is 3.67. The van der Waals surface area contributed by atoms with Crippen LogP contribution >= 0.6 is 27.3 Å². The van der Waals surface area contributed by atoms with Gasteiger partial charge in [-0.15, -0.1) is 11.3 Å². The number of amides is 1. The van der Waals surface area contributed by atoms with Crippen LogP contribution in [0.4, 0.5) is 0 Å². The van der Waals surface area contributed by atoms with Crippen LogP contribution in [0.25, 0.3) is 0 Å². The van der Waals surface area contributed by atoms with Gasteiger partial charge in [-0.3, -0.25) is 4.79 Å². The molecule has 1 N–H and O–H groups in total. The predicted molar refractivity (Wildman–Crippen MR) is 74.6 cm³/mol. The maximum atomic E-state index is 12.5. The monoisotopic (exact) mass is 316 g/mol. The molecule has 1 aromatic rings. The predicted octanol–water partition coefficient (Wildman–Crippen LogP) is 2.72. The summed E-state index contributed by atoms with van der Waals surface area (Å²) in [5, 5.41) is 5.28. The number of rotatable bonds is 4. The largest absolute Gasteiger partial charge is 0.334 e. The van der Waals surface area contributed by atoms with E-state index in [1.54, 1.807) is 0 Å². The van der Waals surface area contributed by atoms with Crippen molar-refractivity contribution in [2.75, 3.05) is 19.6 Å². The Morgan fingerprint density at radius 3 is 3.06 bits per heavy atom. The van der Waals surface area contributed by atoms with E-state index in [1.807, 2.05) is 16.3 Å². The third-order valence-corrected chi connectivity index (χ3v) is 4.84. The van der Waals surface area contributed by atoms with Gasteiger partial charge in [0.2, 0.25) is 0 Å². The van der Waals surface area contributed by atoms with Gasteiger partial charge in [0.15, 0.2) is 0 Å². The lowest BCUT2D eigenvalue weighted by atomic mass is 10.2. The average molecular weight is 317 g/mol. The highest BCUT2D eigenvalue weighted by Crippen LogP contribution is 2.25. The topological polar surface area (TPSA) is 32.3 Å². The molecule has 1 saturated heterocycles. The number of hydrogen-bond donors (Lipinski definition) is 1. The molecule has 1 aliphatic rings. The molecule has 0 spiro atoms. The summed E-state index contributed by atoms with van der Waals surface area (Å²) in [5.74, 6) is 0.169. The Bertz CT molecular complexity index is 388. The fraction of sp³-hybridized carbons (Fsp3) is 0.583. The molecular formula is C12H17BrN2OS. The van der Waals surface area contributed by atoms with Crippen LogP contribution in [0.3, 0.4) is 0 Å². The molecule has 1 atom stereocenters. The Morgan fingerprint density at radius 1 is 1.71 bits per heavy atom. The minimum absolute atomic E-state index is 0.169. The van der Waals surface area contributed by atoms with E-state index in [2.05, 4.69) is 28.2 Å². The molecule has 2 rings (SSSR count). The number of carbonyl (C=O) groups is 1. The third-order valence-electron chi connectivity index (χ3n) is 3.01. The van der Waals surface area contributed by atoms with Gasteiger partial charge in [-0.1, -0.05) is 6.92 Å². The first-order valence-electron chi connectivity index (χ1n) is 5.98. The Labute approximate surface area is 114 Å². The van der Waals surface area contributed by atoms with Crippen molar-refractivity contribution in [3.05, 3.63) is 20.8 Å². The second-order valence-corrected chi connectivity index (χ2v) is 6.01. The van der Waals surface area contributed by atoms with E-state index in [-0.39, 0.29) is 5.91 Å². The van der Waals surface area contributed by atoms with Crippen LogP contribution in [0.15, 0.2) is 15.9 Å². The van der Waals surface area contributed by atoms with Gasteiger partial charge < -0.3 is 10.2 Å². The van der Waals surface area contributed by atoms with E-state index < -0.39 is 0 Å². The molecule has 1 fully saturated rings. The smallest absolute Gasteiger partial charge is 0.265 e. The van der Waals surface area contributed by atoms with Crippen molar-refractivity contribution in [2.45, 2.75) is 25.8 Å². The van der Waals surface area contributed by atoms with Crippen LogP contribution in [0, 0.1) is 0 Å². The number of thiophene rings is 1. The first-order chi connectivity index (χ1) is 8.24. The van der Waals surface area contributed by atoms with Crippen molar-refractivity contribution in [1.82, 2.24) is 10.2 Å². The van der Waals surface area contributed by atoms with Gasteiger partial charge in [-0.05, 0) is 46.8 Å². The molecule has 5 heteroatoms. The van der Waals surface area contributed by atoms with E-state index in [9.17, 15) is 4.79 Å². The summed E-state index contributed by atoms with van der Waals surface area (Å²) in [4.78, 5) is 15.3. The van der Waals surface area contributed by atoms with E-state index in [0.29, 0.717) is 6.04 Å². The number of hydrogen-bond acceptors (Lipinski definition) is 3. The first kappa shape index (κ1) is 13.1. The Morgan fingerprint density at radius 2 is 2.53 bits per heavy atom. The zero-order valence-corrected chi connectivity index (χ0v) is 12.3. The van der Waals surface area contributed by atoms with Gasteiger partial charge in [-0.2, -0.15) is 0 Å². The molecule has 94 valence electrons. The highest BCUT2D eigenvalue weighted by atomic mass is 79.9. The number of nitrogens with zero attached hydrogens (tertiary/aromatic N) is 1. The molecule has 1 aromatic heterocycles. The highest BCUT2D eigenvalue weighted by molar-refractivity contribution is 9.10. The van der Waals surface area contributed by atoms with Crippen LogP contribution in [0.2, 0.25) is 0 Å².